The van der Waals surface area contributed by atoms with E-state index in [4.69, 9.17) is 33.4 Å². The monoisotopic (exact) mass is 309 g/mol. The molecule has 0 aliphatic rings. The van der Waals surface area contributed by atoms with Crippen molar-refractivity contribution in [3.05, 3.63) is 28.2 Å². The van der Waals surface area contributed by atoms with Gasteiger partial charge in [-0.3, -0.25) is 4.79 Å². The molecule has 1 aromatic rings. The van der Waals surface area contributed by atoms with Crippen LogP contribution in [0.1, 0.15) is 0 Å². The lowest BCUT2D eigenvalue weighted by molar-refractivity contribution is -0.113. The van der Waals surface area contributed by atoms with Crippen molar-refractivity contribution < 1.29 is 15.0 Å². The molecule has 100 valence electrons. The molecule has 0 radical (unpaired) electrons. The molecule has 0 saturated heterocycles. The third-order valence-corrected chi connectivity index (χ3v) is 3.78. The quantitative estimate of drug-likeness (QED) is 0.752. The fourth-order valence-corrected chi connectivity index (χ4v) is 2.16. The molecular weight excluding hydrogens is 297 g/mol. The molecule has 1 unspecified atom stereocenters. The Kier molecular flexibility index (Phi) is 6.81. The van der Waals surface area contributed by atoms with Crippen LogP contribution in [0.25, 0.3) is 0 Å². The van der Waals surface area contributed by atoms with E-state index in [2.05, 4.69) is 5.32 Å². The summed E-state index contributed by atoms with van der Waals surface area (Å²) in [6.45, 7) is -0.304. The van der Waals surface area contributed by atoms with Gasteiger partial charge in [-0.25, -0.2) is 0 Å². The Morgan fingerprint density at radius 1 is 1.39 bits per heavy atom. The number of anilines is 1. The Balaban J connectivity index is 2.38. The second-order valence-electron chi connectivity index (χ2n) is 3.53. The summed E-state index contributed by atoms with van der Waals surface area (Å²) >= 11 is 12.8. The number of hydrogen-bond acceptors (Lipinski definition) is 4. The lowest BCUT2D eigenvalue weighted by Crippen LogP contribution is -2.19. The minimum absolute atomic E-state index is 0.192. The second-order valence-corrected chi connectivity index (χ2v) is 5.37. The number of carbonyl (C=O) groups excluding carboxylic acids is 1. The van der Waals surface area contributed by atoms with Gasteiger partial charge in [0, 0.05) is 11.4 Å². The van der Waals surface area contributed by atoms with Crippen LogP contribution in [0.5, 0.6) is 0 Å². The first-order valence-corrected chi connectivity index (χ1v) is 7.05. The van der Waals surface area contributed by atoms with Crippen molar-refractivity contribution in [1.29, 1.82) is 0 Å². The van der Waals surface area contributed by atoms with E-state index in [-0.39, 0.29) is 18.3 Å². The van der Waals surface area contributed by atoms with Crippen molar-refractivity contribution in [2.75, 3.05) is 23.4 Å². The summed E-state index contributed by atoms with van der Waals surface area (Å²) in [6.07, 6.45) is -0.798. The van der Waals surface area contributed by atoms with Crippen LogP contribution in [0.3, 0.4) is 0 Å². The van der Waals surface area contributed by atoms with Crippen LogP contribution in [0, 0.1) is 0 Å². The van der Waals surface area contributed by atoms with E-state index in [9.17, 15) is 4.79 Å². The maximum Gasteiger partial charge on any atom is 0.234 e. The highest BCUT2D eigenvalue weighted by atomic mass is 35.5. The van der Waals surface area contributed by atoms with Crippen LogP contribution in [0.4, 0.5) is 5.69 Å². The Morgan fingerprint density at radius 3 is 2.72 bits per heavy atom. The maximum atomic E-state index is 11.5. The first-order chi connectivity index (χ1) is 8.52. The minimum Gasteiger partial charge on any atom is -0.394 e. The van der Waals surface area contributed by atoms with Crippen LogP contribution >= 0.6 is 35.0 Å². The Morgan fingerprint density at radius 2 is 2.11 bits per heavy atom. The van der Waals surface area contributed by atoms with Gasteiger partial charge >= 0.3 is 0 Å². The predicted molar refractivity (Wildman–Crippen MR) is 75.5 cm³/mol. The fraction of sp³-hybridized carbons (Fsp3) is 0.364. The van der Waals surface area contributed by atoms with E-state index in [1.807, 2.05) is 0 Å². The molecule has 0 aromatic heterocycles. The van der Waals surface area contributed by atoms with E-state index in [0.717, 1.165) is 0 Å². The predicted octanol–water partition coefficient (Wildman–Crippen LogP) is 2.02. The molecule has 0 bridgehead atoms. The maximum absolute atomic E-state index is 11.5. The summed E-state index contributed by atoms with van der Waals surface area (Å²) < 4.78 is 0. The normalized spacial score (nSPS) is 12.2. The van der Waals surface area contributed by atoms with Gasteiger partial charge in [-0.15, -0.1) is 11.8 Å². The van der Waals surface area contributed by atoms with Gasteiger partial charge < -0.3 is 15.5 Å². The smallest absolute Gasteiger partial charge is 0.234 e. The first kappa shape index (κ1) is 15.6. The van der Waals surface area contributed by atoms with E-state index in [0.29, 0.717) is 21.5 Å². The molecule has 4 nitrogen and oxygen atoms in total. The zero-order chi connectivity index (χ0) is 13.5. The molecule has 1 aromatic carbocycles. The van der Waals surface area contributed by atoms with E-state index in [1.165, 1.54) is 11.8 Å². The lowest BCUT2D eigenvalue weighted by atomic mass is 10.3. The third kappa shape index (κ3) is 5.46. The highest BCUT2D eigenvalue weighted by Crippen LogP contribution is 2.25. The number of nitrogens with one attached hydrogen (secondary N) is 1. The van der Waals surface area contributed by atoms with Crippen molar-refractivity contribution in [2.24, 2.45) is 0 Å². The van der Waals surface area contributed by atoms with Crippen LogP contribution in [-0.4, -0.2) is 40.3 Å². The van der Waals surface area contributed by atoms with Gasteiger partial charge in [-0.2, -0.15) is 0 Å². The highest BCUT2D eigenvalue weighted by molar-refractivity contribution is 8.00. The summed E-state index contributed by atoms with van der Waals surface area (Å²) in [5.74, 6) is 0.298. The number of hydrogen-bond donors (Lipinski definition) is 3. The largest absolute Gasteiger partial charge is 0.394 e. The van der Waals surface area contributed by atoms with Crippen LogP contribution in [0.2, 0.25) is 10.0 Å². The number of thioether (sulfide) groups is 1. The lowest BCUT2D eigenvalue weighted by Gasteiger charge is -2.08. The molecule has 0 aliphatic heterocycles. The summed E-state index contributed by atoms with van der Waals surface area (Å²) in [5, 5.41) is 21.1. The third-order valence-electron chi connectivity index (χ3n) is 1.96. The van der Waals surface area contributed by atoms with Gasteiger partial charge in [0.25, 0.3) is 0 Å². The van der Waals surface area contributed by atoms with Gasteiger partial charge in [-0.05, 0) is 18.2 Å². The van der Waals surface area contributed by atoms with Crippen LogP contribution < -0.4 is 5.32 Å². The molecule has 0 saturated carbocycles. The van der Waals surface area contributed by atoms with E-state index in [1.54, 1.807) is 18.2 Å². The summed E-state index contributed by atoms with van der Waals surface area (Å²) in [5.41, 5.74) is 0.567. The molecule has 0 spiro atoms. The summed E-state index contributed by atoms with van der Waals surface area (Å²) in [4.78, 5) is 11.5. The summed E-state index contributed by atoms with van der Waals surface area (Å²) in [7, 11) is 0. The van der Waals surface area contributed by atoms with Gasteiger partial charge in [0.1, 0.15) is 0 Å². The topological polar surface area (TPSA) is 69.6 Å². The molecule has 7 heteroatoms. The summed E-state index contributed by atoms with van der Waals surface area (Å²) in [6, 6.07) is 4.82. The van der Waals surface area contributed by atoms with Crippen molar-refractivity contribution in [3.63, 3.8) is 0 Å². The van der Waals surface area contributed by atoms with Crippen molar-refractivity contribution in [3.8, 4) is 0 Å². The molecule has 18 heavy (non-hydrogen) atoms. The number of halogens is 2. The van der Waals surface area contributed by atoms with E-state index < -0.39 is 6.10 Å². The van der Waals surface area contributed by atoms with E-state index >= 15 is 0 Å². The molecule has 3 N–H and O–H groups in total. The number of aliphatic hydroxyl groups is 2. The molecule has 0 fully saturated rings. The van der Waals surface area contributed by atoms with Crippen molar-refractivity contribution in [2.45, 2.75) is 6.10 Å². The number of amides is 1. The molecule has 0 heterocycles. The first-order valence-electron chi connectivity index (χ1n) is 5.14. The molecule has 0 aliphatic carbocycles. The average Bonchev–Trinajstić information content (AvgIpc) is 2.33. The number of carbonyl (C=O) groups is 1. The number of rotatable bonds is 6. The zero-order valence-electron chi connectivity index (χ0n) is 9.40. The molecular formula is C11H13Cl2NO3S. The standard InChI is InChI=1S/C11H13Cl2NO3S/c12-9-2-1-7(3-10(9)13)14-11(17)6-18-5-8(16)4-15/h1-3,8,15-16H,4-6H2,(H,14,17). The van der Waals surface area contributed by atoms with Gasteiger partial charge in [0.15, 0.2) is 0 Å². The van der Waals surface area contributed by atoms with Gasteiger partial charge in [0.05, 0.1) is 28.5 Å². The Hall–Kier alpha value is -0.460. The zero-order valence-corrected chi connectivity index (χ0v) is 11.7. The Labute approximate surface area is 119 Å². The average molecular weight is 310 g/mol. The molecule has 1 amide bonds. The van der Waals surface area contributed by atoms with Gasteiger partial charge in [0.2, 0.25) is 5.91 Å². The highest BCUT2D eigenvalue weighted by Gasteiger charge is 2.07. The minimum atomic E-state index is -0.798. The molecule has 1 atom stereocenters. The van der Waals surface area contributed by atoms with Crippen molar-refractivity contribution >= 4 is 46.6 Å². The van der Waals surface area contributed by atoms with Crippen molar-refractivity contribution in [1.82, 2.24) is 0 Å². The number of aliphatic hydroxyl groups excluding tert-OH is 2. The fourth-order valence-electron chi connectivity index (χ4n) is 1.11. The molecule has 1 rings (SSSR count). The Bertz CT molecular complexity index is 417. The van der Waals surface area contributed by atoms with Crippen LogP contribution in [-0.2, 0) is 4.79 Å². The number of benzene rings is 1. The van der Waals surface area contributed by atoms with Gasteiger partial charge in [-0.1, -0.05) is 23.2 Å². The van der Waals surface area contributed by atoms with Crippen LogP contribution in [0.15, 0.2) is 18.2 Å². The SMILES string of the molecule is O=C(CSCC(O)CO)Nc1ccc(Cl)c(Cl)c1. The second kappa shape index (κ2) is 7.86.